The van der Waals surface area contributed by atoms with E-state index in [9.17, 15) is 26.3 Å². The third-order valence-corrected chi connectivity index (χ3v) is 4.90. The number of alkyl halides is 6. The van der Waals surface area contributed by atoms with Gasteiger partial charge in [-0.1, -0.05) is 0 Å². The second-order valence-corrected chi connectivity index (χ2v) is 7.25. The number of aryl methyl sites for hydroxylation is 2. The van der Waals surface area contributed by atoms with Gasteiger partial charge in [0.25, 0.3) is 0 Å². The topological polar surface area (TPSA) is 84.9 Å². The maximum atomic E-state index is 13.0. The second-order valence-electron chi connectivity index (χ2n) is 7.25. The Morgan fingerprint density at radius 2 is 1.70 bits per heavy atom. The minimum absolute atomic E-state index is 0.0796. The summed E-state index contributed by atoms with van der Waals surface area (Å²) in [5, 5.41) is 7.20. The lowest BCUT2D eigenvalue weighted by atomic mass is 10.1. The summed E-state index contributed by atoms with van der Waals surface area (Å²) < 4.78 is 78.2. The second kappa shape index (κ2) is 7.93. The molecule has 0 amide bonds. The summed E-state index contributed by atoms with van der Waals surface area (Å²) in [5.74, 6) is -0.778. The maximum absolute atomic E-state index is 13.0. The first-order valence-corrected chi connectivity index (χ1v) is 9.16. The van der Waals surface area contributed by atoms with Crippen LogP contribution in [0.3, 0.4) is 0 Å². The molecule has 0 saturated carbocycles. The van der Waals surface area contributed by atoms with Gasteiger partial charge in [0.15, 0.2) is 0 Å². The lowest BCUT2D eigenvalue weighted by Crippen LogP contribution is -2.40. The number of piperidine rings is 1. The summed E-state index contributed by atoms with van der Waals surface area (Å²) in [4.78, 5) is 8.87. The quantitative estimate of drug-likeness (QED) is 0.708. The molecule has 0 atom stereocenters. The lowest BCUT2D eigenvalue weighted by Gasteiger charge is -2.32. The monoisotopic (exact) mass is 437 g/mol. The molecule has 0 radical (unpaired) electrons. The molecule has 3 rings (SSSR count). The van der Waals surface area contributed by atoms with Gasteiger partial charge in [-0.3, -0.25) is 9.58 Å². The SMILES string of the molecule is Cc1nn(C2CCN(CC(F)(F)F)CC2)cc1Nc1nc(C)c(C(F)(F)F)c(N)n1. The van der Waals surface area contributed by atoms with Crippen molar-refractivity contribution in [2.24, 2.45) is 0 Å². The number of rotatable bonds is 4. The van der Waals surface area contributed by atoms with E-state index in [4.69, 9.17) is 5.73 Å². The van der Waals surface area contributed by atoms with Crippen LogP contribution < -0.4 is 11.1 Å². The average molecular weight is 437 g/mol. The van der Waals surface area contributed by atoms with Crippen molar-refractivity contribution in [3.05, 3.63) is 23.1 Å². The van der Waals surface area contributed by atoms with E-state index >= 15 is 0 Å². The van der Waals surface area contributed by atoms with E-state index in [1.54, 1.807) is 17.8 Å². The molecular formula is C17H21F6N7. The molecule has 13 heteroatoms. The van der Waals surface area contributed by atoms with Crippen molar-refractivity contribution in [3.63, 3.8) is 0 Å². The zero-order valence-corrected chi connectivity index (χ0v) is 16.3. The fourth-order valence-electron chi connectivity index (χ4n) is 3.51. The van der Waals surface area contributed by atoms with E-state index in [0.717, 1.165) is 0 Å². The van der Waals surface area contributed by atoms with Crippen molar-refractivity contribution < 1.29 is 26.3 Å². The average Bonchev–Trinajstić information content (AvgIpc) is 2.93. The van der Waals surface area contributed by atoms with Crippen LogP contribution in [-0.4, -0.2) is 50.5 Å². The Bertz CT molecular complexity index is 874. The predicted octanol–water partition coefficient (Wildman–Crippen LogP) is 3.83. The minimum atomic E-state index is -4.66. The zero-order chi connectivity index (χ0) is 22.3. The van der Waals surface area contributed by atoms with E-state index in [1.807, 2.05) is 0 Å². The van der Waals surface area contributed by atoms with Crippen LogP contribution in [0, 0.1) is 13.8 Å². The normalized spacial score (nSPS) is 16.8. The molecule has 30 heavy (non-hydrogen) atoms. The van der Waals surface area contributed by atoms with Gasteiger partial charge < -0.3 is 11.1 Å². The Kier molecular flexibility index (Phi) is 5.85. The molecular weight excluding hydrogens is 416 g/mol. The number of halogens is 6. The molecule has 0 aliphatic carbocycles. The largest absolute Gasteiger partial charge is 0.421 e. The number of nitrogen functional groups attached to an aromatic ring is 1. The van der Waals surface area contributed by atoms with E-state index in [0.29, 0.717) is 37.3 Å². The summed E-state index contributed by atoms with van der Waals surface area (Å²) >= 11 is 0. The van der Waals surface area contributed by atoms with Crippen LogP contribution >= 0.6 is 0 Å². The van der Waals surface area contributed by atoms with E-state index in [1.165, 1.54) is 11.8 Å². The fraction of sp³-hybridized carbons (Fsp3) is 0.588. The lowest BCUT2D eigenvalue weighted by molar-refractivity contribution is -0.148. The van der Waals surface area contributed by atoms with Crippen molar-refractivity contribution in [2.75, 3.05) is 30.7 Å². The number of likely N-dealkylation sites (tertiary alicyclic amines) is 1. The molecule has 0 aromatic carbocycles. The minimum Gasteiger partial charge on any atom is -0.383 e. The van der Waals surface area contributed by atoms with E-state index < -0.39 is 30.3 Å². The number of nitrogens with two attached hydrogens (primary N) is 1. The summed E-state index contributed by atoms with van der Waals surface area (Å²) in [6.07, 6.45) is -6.24. The molecule has 3 heterocycles. The molecule has 0 spiro atoms. The predicted molar refractivity (Wildman–Crippen MR) is 97.2 cm³/mol. The van der Waals surface area contributed by atoms with Gasteiger partial charge in [0.1, 0.15) is 11.4 Å². The van der Waals surface area contributed by atoms with Crippen LogP contribution in [0.15, 0.2) is 6.20 Å². The molecule has 3 N–H and O–H groups in total. The number of nitrogens with zero attached hydrogens (tertiary/aromatic N) is 5. The molecule has 1 aliphatic heterocycles. The van der Waals surface area contributed by atoms with Crippen LogP contribution in [0.2, 0.25) is 0 Å². The number of hydrogen-bond donors (Lipinski definition) is 2. The molecule has 166 valence electrons. The summed E-state index contributed by atoms with van der Waals surface area (Å²) in [6.45, 7) is 2.54. The van der Waals surface area contributed by atoms with Gasteiger partial charge in [0.2, 0.25) is 5.95 Å². The molecule has 1 aliphatic rings. The smallest absolute Gasteiger partial charge is 0.383 e. The van der Waals surface area contributed by atoms with E-state index in [-0.39, 0.29) is 17.7 Å². The highest BCUT2D eigenvalue weighted by Crippen LogP contribution is 2.35. The molecule has 2 aromatic heterocycles. The Balaban J connectivity index is 1.71. The highest BCUT2D eigenvalue weighted by molar-refractivity contribution is 5.58. The first-order chi connectivity index (χ1) is 13.8. The maximum Gasteiger partial charge on any atom is 0.421 e. The number of aromatic nitrogens is 4. The van der Waals surface area contributed by atoms with Crippen molar-refractivity contribution in [1.82, 2.24) is 24.6 Å². The van der Waals surface area contributed by atoms with Gasteiger partial charge in [0, 0.05) is 19.3 Å². The van der Waals surface area contributed by atoms with Gasteiger partial charge >= 0.3 is 12.4 Å². The summed E-state index contributed by atoms with van der Waals surface area (Å²) in [5.41, 5.74) is 5.11. The van der Waals surface area contributed by atoms with Gasteiger partial charge in [-0.15, -0.1) is 0 Å². The van der Waals surface area contributed by atoms with Gasteiger partial charge in [-0.2, -0.15) is 36.4 Å². The van der Waals surface area contributed by atoms with Crippen molar-refractivity contribution in [2.45, 2.75) is 45.1 Å². The first kappa shape index (κ1) is 22.1. The fourth-order valence-corrected chi connectivity index (χ4v) is 3.51. The molecule has 0 unspecified atom stereocenters. The Morgan fingerprint density at radius 1 is 1.07 bits per heavy atom. The molecule has 7 nitrogen and oxygen atoms in total. The van der Waals surface area contributed by atoms with Crippen LogP contribution in [0.5, 0.6) is 0 Å². The van der Waals surface area contributed by atoms with Gasteiger partial charge in [-0.25, -0.2) is 4.98 Å². The third kappa shape index (κ3) is 5.12. The third-order valence-electron chi connectivity index (χ3n) is 4.90. The molecule has 0 bridgehead atoms. The van der Waals surface area contributed by atoms with Gasteiger partial charge in [0.05, 0.1) is 29.7 Å². The number of anilines is 3. The van der Waals surface area contributed by atoms with Crippen LogP contribution in [0.4, 0.5) is 43.8 Å². The molecule has 2 aromatic rings. The highest BCUT2D eigenvalue weighted by Gasteiger charge is 2.37. The van der Waals surface area contributed by atoms with Crippen molar-refractivity contribution in [1.29, 1.82) is 0 Å². The molecule has 1 fully saturated rings. The van der Waals surface area contributed by atoms with Crippen LogP contribution in [0.1, 0.15) is 35.8 Å². The Morgan fingerprint density at radius 3 is 2.23 bits per heavy atom. The zero-order valence-electron chi connectivity index (χ0n) is 16.3. The van der Waals surface area contributed by atoms with Crippen LogP contribution in [-0.2, 0) is 6.18 Å². The van der Waals surface area contributed by atoms with Gasteiger partial charge in [-0.05, 0) is 26.7 Å². The number of nitrogens with one attached hydrogen (secondary N) is 1. The summed E-state index contributed by atoms with van der Waals surface area (Å²) in [7, 11) is 0. The van der Waals surface area contributed by atoms with Crippen molar-refractivity contribution >= 4 is 17.5 Å². The first-order valence-electron chi connectivity index (χ1n) is 9.16. The Labute approximate surface area is 168 Å². The van der Waals surface area contributed by atoms with Crippen molar-refractivity contribution in [3.8, 4) is 0 Å². The number of hydrogen-bond acceptors (Lipinski definition) is 6. The Hall–Kier alpha value is -2.57. The summed E-state index contributed by atoms with van der Waals surface area (Å²) in [6, 6.07) is -0.0796. The van der Waals surface area contributed by atoms with E-state index in [2.05, 4.69) is 20.4 Å². The molecule has 1 saturated heterocycles. The highest BCUT2D eigenvalue weighted by atomic mass is 19.4. The standard InChI is InChI=1S/C17H21F6N7/c1-9-12(26-15-25-10(2)13(14(24)27-15)17(21,22)23)7-30(28-9)11-3-5-29(6-4-11)8-16(18,19)20/h7,11H,3-6,8H2,1-2H3,(H3,24,25,26,27). The van der Waals surface area contributed by atoms with Crippen LogP contribution in [0.25, 0.3) is 0 Å².